The van der Waals surface area contributed by atoms with E-state index in [2.05, 4.69) is 5.32 Å². The van der Waals surface area contributed by atoms with Gasteiger partial charge in [-0.25, -0.2) is 0 Å². The monoisotopic (exact) mass is 344 g/mol. The maximum atomic E-state index is 10.7. The van der Waals surface area contributed by atoms with Crippen LogP contribution in [0.25, 0.3) is 0 Å². The second-order valence-corrected chi connectivity index (χ2v) is 5.70. The minimum atomic E-state index is -0.490. The van der Waals surface area contributed by atoms with Crippen LogP contribution in [0, 0.1) is 17.0 Å². The first-order chi connectivity index (χ1) is 9.88. The summed E-state index contributed by atoms with van der Waals surface area (Å²) < 4.78 is 0. The highest BCUT2D eigenvalue weighted by atomic mass is 35.5. The van der Waals surface area contributed by atoms with E-state index in [0.29, 0.717) is 22.3 Å². The summed E-state index contributed by atoms with van der Waals surface area (Å²) in [5.74, 6) is 0. The Hall–Kier alpha value is -1.49. The number of nitro groups is 1. The van der Waals surface area contributed by atoms with Crippen molar-refractivity contribution < 1.29 is 4.92 Å². The summed E-state index contributed by atoms with van der Waals surface area (Å²) in [4.78, 5) is 10.2. The summed E-state index contributed by atoms with van der Waals surface area (Å²) in [7, 11) is 0. The Balaban J connectivity index is 2.19. The van der Waals surface area contributed by atoms with E-state index in [0.717, 1.165) is 11.1 Å². The van der Waals surface area contributed by atoms with Crippen molar-refractivity contribution in [3.8, 4) is 0 Å². The molecule has 0 radical (unpaired) electrons. The summed E-state index contributed by atoms with van der Waals surface area (Å²) in [5, 5.41) is 15.2. The number of rotatable bonds is 4. The smallest absolute Gasteiger partial charge is 0.271 e. The first-order valence-corrected chi connectivity index (χ1v) is 7.14. The van der Waals surface area contributed by atoms with E-state index in [9.17, 15) is 10.1 Å². The fraction of sp³-hybridized carbons (Fsp3) is 0.143. The van der Waals surface area contributed by atoms with Gasteiger partial charge in [0.2, 0.25) is 0 Å². The van der Waals surface area contributed by atoms with Gasteiger partial charge < -0.3 is 5.32 Å². The van der Waals surface area contributed by atoms with E-state index >= 15 is 0 Å². The average molecular weight is 346 g/mol. The van der Waals surface area contributed by atoms with Crippen molar-refractivity contribution >= 4 is 46.2 Å². The number of nitro benzene ring substituents is 1. The zero-order valence-corrected chi connectivity index (χ0v) is 13.3. The molecule has 1 N–H and O–H groups in total. The predicted octanol–water partition coefficient (Wildman–Crippen LogP) is 5.48. The molecular weight excluding hydrogens is 335 g/mol. The van der Waals surface area contributed by atoms with Gasteiger partial charge in [-0.2, -0.15) is 0 Å². The average Bonchev–Trinajstić information content (AvgIpc) is 2.42. The maximum absolute atomic E-state index is 10.7. The number of nitrogens with one attached hydrogen (secondary N) is 1. The van der Waals surface area contributed by atoms with E-state index in [4.69, 9.17) is 34.8 Å². The number of hydrogen-bond donors (Lipinski definition) is 1. The quantitative estimate of drug-likeness (QED) is 0.590. The lowest BCUT2D eigenvalue weighted by molar-refractivity contribution is -0.384. The lowest BCUT2D eigenvalue weighted by Crippen LogP contribution is -2.02. The molecule has 0 saturated heterocycles. The van der Waals surface area contributed by atoms with Crippen molar-refractivity contribution in [2.75, 3.05) is 5.32 Å². The minimum absolute atomic E-state index is 0.0486. The highest BCUT2D eigenvalue weighted by molar-refractivity contribution is 6.35. The number of anilines is 1. The second kappa shape index (κ2) is 6.52. The van der Waals surface area contributed by atoms with Crippen LogP contribution in [0.15, 0.2) is 30.3 Å². The molecule has 110 valence electrons. The number of non-ortho nitro benzene ring substituents is 1. The number of benzene rings is 2. The van der Waals surface area contributed by atoms with Crippen molar-refractivity contribution in [3.63, 3.8) is 0 Å². The summed E-state index contributed by atoms with van der Waals surface area (Å²) in [6.45, 7) is 2.36. The van der Waals surface area contributed by atoms with Crippen LogP contribution in [0.1, 0.15) is 11.1 Å². The standard InChI is InChI=1S/C14H11Cl3N2O2/c1-8-9(4-10(15)5-12(8)16)7-18-14-3-2-11(19(20)21)6-13(14)17/h2-6,18H,7H2,1H3. The SMILES string of the molecule is Cc1c(Cl)cc(Cl)cc1CNc1ccc([N+](=O)[O-])cc1Cl. The van der Waals surface area contributed by atoms with Crippen molar-refractivity contribution in [1.82, 2.24) is 0 Å². The summed E-state index contributed by atoms with van der Waals surface area (Å²) in [6.07, 6.45) is 0. The molecule has 0 aromatic heterocycles. The molecule has 2 aromatic rings. The van der Waals surface area contributed by atoms with Crippen molar-refractivity contribution in [3.05, 3.63) is 66.6 Å². The zero-order chi connectivity index (χ0) is 15.6. The molecule has 0 amide bonds. The van der Waals surface area contributed by atoms with Gasteiger partial charge in [0, 0.05) is 28.7 Å². The molecule has 2 rings (SSSR count). The zero-order valence-electron chi connectivity index (χ0n) is 11.0. The Morgan fingerprint density at radius 2 is 1.86 bits per heavy atom. The predicted molar refractivity (Wildman–Crippen MR) is 86.6 cm³/mol. The molecule has 0 atom stereocenters. The van der Waals surface area contributed by atoms with E-state index in [1.165, 1.54) is 12.1 Å². The molecule has 0 aliphatic heterocycles. The third-order valence-electron chi connectivity index (χ3n) is 3.05. The molecule has 0 bridgehead atoms. The Morgan fingerprint density at radius 3 is 2.48 bits per heavy atom. The van der Waals surface area contributed by atoms with E-state index < -0.39 is 4.92 Å². The molecule has 0 spiro atoms. The molecular formula is C14H11Cl3N2O2. The van der Waals surface area contributed by atoms with Crippen LogP contribution in [0.4, 0.5) is 11.4 Å². The molecule has 2 aromatic carbocycles. The van der Waals surface area contributed by atoms with Gasteiger partial charge >= 0.3 is 0 Å². The fourth-order valence-electron chi connectivity index (χ4n) is 1.83. The highest BCUT2D eigenvalue weighted by Crippen LogP contribution is 2.29. The van der Waals surface area contributed by atoms with E-state index in [1.54, 1.807) is 12.1 Å². The molecule has 0 aliphatic rings. The first kappa shape index (κ1) is 15.9. The summed E-state index contributed by atoms with van der Waals surface area (Å²) in [6, 6.07) is 7.77. The molecule has 0 aliphatic carbocycles. The third kappa shape index (κ3) is 3.79. The first-order valence-electron chi connectivity index (χ1n) is 6.01. The third-order valence-corrected chi connectivity index (χ3v) is 3.97. The molecule has 0 heterocycles. The Labute approximate surface area is 136 Å². The number of hydrogen-bond acceptors (Lipinski definition) is 3. The number of halogens is 3. The largest absolute Gasteiger partial charge is 0.380 e. The van der Waals surface area contributed by atoms with Crippen LogP contribution in [0.3, 0.4) is 0 Å². The molecule has 21 heavy (non-hydrogen) atoms. The summed E-state index contributed by atoms with van der Waals surface area (Å²) in [5.41, 5.74) is 2.42. The van der Waals surface area contributed by atoms with Gasteiger partial charge in [-0.05, 0) is 36.2 Å². The molecule has 0 saturated carbocycles. The van der Waals surface area contributed by atoms with E-state index in [-0.39, 0.29) is 10.7 Å². The van der Waals surface area contributed by atoms with Crippen LogP contribution in [-0.2, 0) is 6.54 Å². The second-order valence-electron chi connectivity index (χ2n) is 4.45. The number of nitrogens with zero attached hydrogens (tertiary/aromatic N) is 1. The minimum Gasteiger partial charge on any atom is -0.380 e. The van der Waals surface area contributed by atoms with Crippen LogP contribution in [-0.4, -0.2) is 4.92 Å². The van der Waals surface area contributed by atoms with Gasteiger partial charge in [-0.3, -0.25) is 10.1 Å². The summed E-state index contributed by atoms with van der Waals surface area (Å²) >= 11 is 18.1. The normalized spacial score (nSPS) is 10.5. The molecule has 0 fully saturated rings. The van der Waals surface area contributed by atoms with E-state index in [1.807, 2.05) is 13.0 Å². The molecule has 7 heteroatoms. The maximum Gasteiger partial charge on any atom is 0.271 e. The van der Waals surface area contributed by atoms with Gasteiger partial charge in [-0.1, -0.05) is 34.8 Å². The lowest BCUT2D eigenvalue weighted by atomic mass is 10.1. The van der Waals surface area contributed by atoms with Gasteiger partial charge in [0.15, 0.2) is 0 Å². The van der Waals surface area contributed by atoms with Gasteiger partial charge in [-0.15, -0.1) is 0 Å². The van der Waals surface area contributed by atoms with Crippen LogP contribution >= 0.6 is 34.8 Å². The van der Waals surface area contributed by atoms with Crippen molar-refractivity contribution in [1.29, 1.82) is 0 Å². The van der Waals surface area contributed by atoms with Crippen LogP contribution < -0.4 is 5.32 Å². The topological polar surface area (TPSA) is 55.2 Å². The fourth-order valence-corrected chi connectivity index (χ4v) is 2.61. The highest BCUT2D eigenvalue weighted by Gasteiger charge is 2.10. The van der Waals surface area contributed by atoms with Crippen LogP contribution in [0.5, 0.6) is 0 Å². The van der Waals surface area contributed by atoms with Gasteiger partial charge in [0.25, 0.3) is 5.69 Å². The van der Waals surface area contributed by atoms with Crippen molar-refractivity contribution in [2.45, 2.75) is 13.5 Å². The Morgan fingerprint density at radius 1 is 1.14 bits per heavy atom. The van der Waals surface area contributed by atoms with Crippen LogP contribution in [0.2, 0.25) is 15.1 Å². The van der Waals surface area contributed by atoms with Crippen molar-refractivity contribution in [2.24, 2.45) is 0 Å². The lowest BCUT2D eigenvalue weighted by Gasteiger charge is -2.12. The molecule has 4 nitrogen and oxygen atoms in total. The molecule has 0 unspecified atom stereocenters. The van der Waals surface area contributed by atoms with Gasteiger partial charge in [0.1, 0.15) is 0 Å². The Kier molecular flexibility index (Phi) is 4.93. The van der Waals surface area contributed by atoms with Gasteiger partial charge in [0.05, 0.1) is 15.6 Å². The Bertz CT molecular complexity index is 705.